The van der Waals surface area contributed by atoms with Crippen LogP contribution in [0.4, 0.5) is 10.5 Å². The molecule has 6 heteroatoms. The fourth-order valence-corrected chi connectivity index (χ4v) is 4.91. The molecule has 0 aliphatic carbocycles. The number of nitrogens with zero attached hydrogens (tertiary/aromatic N) is 2. The summed E-state index contributed by atoms with van der Waals surface area (Å²) in [5.74, 6) is 0.624. The van der Waals surface area contributed by atoms with Gasteiger partial charge in [-0.15, -0.1) is 0 Å². The largest absolute Gasteiger partial charge is 0.495 e. The van der Waals surface area contributed by atoms with Gasteiger partial charge in [0, 0.05) is 18.1 Å². The second-order valence-electron chi connectivity index (χ2n) is 7.93. The van der Waals surface area contributed by atoms with Crippen LogP contribution in [0.25, 0.3) is 0 Å². The van der Waals surface area contributed by atoms with Crippen LogP contribution in [-0.4, -0.2) is 54.4 Å². The molecule has 2 fully saturated rings. The number of piperidine rings is 2. The quantitative estimate of drug-likeness (QED) is 0.712. The lowest BCUT2D eigenvalue weighted by atomic mass is 9.81. The first-order valence-electron chi connectivity index (χ1n) is 10.2. The van der Waals surface area contributed by atoms with Crippen LogP contribution in [0.3, 0.4) is 0 Å². The Morgan fingerprint density at radius 2 is 2.00 bits per heavy atom. The van der Waals surface area contributed by atoms with Crippen LogP contribution in [0.5, 0.6) is 5.75 Å². The van der Waals surface area contributed by atoms with Gasteiger partial charge in [-0.3, -0.25) is 9.80 Å². The number of hydrogen-bond acceptors (Lipinski definition) is 4. The van der Waals surface area contributed by atoms with Gasteiger partial charge in [-0.05, 0) is 76.2 Å². The molecular weight excluding hydrogens is 342 g/mol. The van der Waals surface area contributed by atoms with Gasteiger partial charge in [0.25, 0.3) is 0 Å². The number of nitrogens with two attached hydrogens (primary N) is 1. The van der Waals surface area contributed by atoms with Crippen molar-refractivity contribution in [2.24, 2.45) is 5.73 Å². The second-order valence-corrected chi connectivity index (χ2v) is 7.93. The molecule has 2 unspecified atom stereocenters. The molecule has 1 aromatic rings. The highest BCUT2D eigenvalue weighted by Crippen LogP contribution is 2.40. The molecule has 2 atom stereocenters. The zero-order chi connectivity index (χ0) is 19.4. The molecule has 2 aliphatic rings. The van der Waals surface area contributed by atoms with E-state index in [4.69, 9.17) is 10.5 Å². The van der Waals surface area contributed by atoms with Crippen molar-refractivity contribution < 1.29 is 14.6 Å². The maximum Gasteiger partial charge on any atom is 0.412 e. The molecular formula is C21H33N3O3. The normalized spacial score (nSPS) is 25.2. The lowest BCUT2D eigenvalue weighted by molar-refractivity contribution is 0.0290. The fourth-order valence-electron chi connectivity index (χ4n) is 4.91. The lowest BCUT2D eigenvalue weighted by Crippen LogP contribution is -2.58. The Morgan fingerprint density at radius 1 is 1.30 bits per heavy atom. The first-order valence-corrected chi connectivity index (χ1v) is 10.2. The maximum atomic E-state index is 12.2. The molecule has 0 aromatic heterocycles. The second kappa shape index (κ2) is 8.93. The zero-order valence-electron chi connectivity index (χ0n) is 16.6. The summed E-state index contributed by atoms with van der Waals surface area (Å²) >= 11 is 0. The predicted octanol–water partition coefficient (Wildman–Crippen LogP) is 3.61. The van der Waals surface area contributed by atoms with Gasteiger partial charge in [0.1, 0.15) is 5.75 Å². The van der Waals surface area contributed by atoms with Crippen LogP contribution in [0, 0.1) is 6.92 Å². The standard InChI is InChI=1S/C21H33N3O3/c1-15-8-9-20(27-2)19(12-15)24(21(25)26)18-13-16-6-5-7-17(14-18)23(16)11-4-3-10-22/h8-9,12,16-18H,3-7,10-11,13-14,22H2,1-2H3,(H,25,26). The van der Waals surface area contributed by atoms with Crippen molar-refractivity contribution in [2.75, 3.05) is 25.1 Å². The number of hydrogen-bond donors (Lipinski definition) is 2. The van der Waals surface area contributed by atoms with Crippen molar-refractivity contribution in [2.45, 2.75) is 70.0 Å². The molecule has 2 bridgehead atoms. The highest BCUT2D eigenvalue weighted by molar-refractivity contribution is 5.89. The van der Waals surface area contributed by atoms with Gasteiger partial charge in [0.05, 0.1) is 12.8 Å². The molecule has 0 spiro atoms. The van der Waals surface area contributed by atoms with Crippen molar-refractivity contribution in [3.05, 3.63) is 23.8 Å². The summed E-state index contributed by atoms with van der Waals surface area (Å²) in [5, 5.41) is 10.0. The van der Waals surface area contributed by atoms with Crippen molar-refractivity contribution in [1.82, 2.24) is 4.90 Å². The number of fused-ring (bicyclic) bond motifs is 2. The number of rotatable bonds is 7. The van der Waals surface area contributed by atoms with E-state index < -0.39 is 6.09 Å². The van der Waals surface area contributed by atoms with Crippen LogP contribution < -0.4 is 15.4 Å². The molecule has 2 aliphatic heterocycles. The van der Waals surface area contributed by atoms with Crippen molar-refractivity contribution in [1.29, 1.82) is 0 Å². The summed E-state index contributed by atoms with van der Waals surface area (Å²) in [5.41, 5.74) is 7.37. The minimum Gasteiger partial charge on any atom is -0.495 e. The maximum absolute atomic E-state index is 12.2. The molecule has 3 N–H and O–H groups in total. The molecule has 1 aromatic carbocycles. The third kappa shape index (κ3) is 4.38. The molecule has 3 rings (SSSR count). The predicted molar refractivity (Wildman–Crippen MR) is 108 cm³/mol. The van der Waals surface area contributed by atoms with E-state index >= 15 is 0 Å². The summed E-state index contributed by atoms with van der Waals surface area (Å²) in [7, 11) is 1.60. The summed E-state index contributed by atoms with van der Waals surface area (Å²) < 4.78 is 5.48. The van der Waals surface area contributed by atoms with Crippen molar-refractivity contribution >= 4 is 11.8 Å². The number of ether oxygens (including phenoxy) is 1. The number of aryl methyl sites for hydroxylation is 1. The number of carbonyl (C=O) groups is 1. The highest BCUT2D eigenvalue weighted by atomic mass is 16.5. The minimum absolute atomic E-state index is 0.000687. The molecule has 1 amide bonds. The number of benzene rings is 1. The third-order valence-corrected chi connectivity index (χ3v) is 6.14. The number of carboxylic acid groups (broad SMARTS) is 1. The van der Waals surface area contributed by atoms with E-state index in [2.05, 4.69) is 4.90 Å². The van der Waals surface area contributed by atoms with Crippen LogP contribution in [-0.2, 0) is 0 Å². The van der Waals surface area contributed by atoms with E-state index in [1.807, 2.05) is 25.1 Å². The number of amides is 1. The third-order valence-electron chi connectivity index (χ3n) is 6.14. The summed E-state index contributed by atoms with van der Waals surface area (Å²) in [4.78, 5) is 16.4. The summed E-state index contributed by atoms with van der Waals surface area (Å²) in [6.45, 7) is 3.81. The van der Waals surface area contributed by atoms with Gasteiger partial charge in [-0.1, -0.05) is 12.5 Å². The van der Waals surface area contributed by atoms with Crippen molar-refractivity contribution in [3.8, 4) is 5.75 Å². The number of anilines is 1. The van der Waals surface area contributed by atoms with Gasteiger partial charge in [0.2, 0.25) is 0 Å². The minimum atomic E-state index is -0.890. The number of unbranched alkanes of at least 4 members (excludes halogenated alkanes) is 1. The Balaban J connectivity index is 1.82. The Bertz CT molecular complexity index is 638. The Kier molecular flexibility index (Phi) is 6.60. The first-order chi connectivity index (χ1) is 13.0. The summed E-state index contributed by atoms with van der Waals surface area (Å²) in [6.07, 6.45) is 6.64. The SMILES string of the molecule is COc1ccc(C)cc1N(C(=O)O)C1CC2CCCC(C1)N2CCCCN. The monoisotopic (exact) mass is 375 g/mol. The first kappa shape index (κ1) is 20.0. The van der Waals surface area contributed by atoms with E-state index in [1.165, 1.54) is 6.42 Å². The average molecular weight is 376 g/mol. The van der Waals surface area contributed by atoms with Gasteiger partial charge in [-0.25, -0.2) is 4.79 Å². The van der Waals surface area contributed by atoms with E-state index in [0.717, 1.165) is 57.2 Å². The zero-order valence-corrected chi connectivity index (χ0v) is 16.6. The topological polar surface area (TPSA) is 79.0 Å². The van der Waals surface area contributed by atoms with Crippen LogP contribution >= 0.6 is 0 Å². The average Bonchev–Trinajstić information content (AvgIpc) is 2.62. The molecule has 2 heterocycles. The molecule has 2 saturated heterocycles. The van der Waals surface area contributed by atoms with E-state index in [1.54, 1.807) is 12.0 Å². The van der Waals surface area contributed by atoms with Gasteiger partial charge < -0.3 is 15.6 Å². The lowest BCUT2D eigenvalue weighted by Gasteiger charge is -2.50. The molecule has 150 valence electrons. The molecule has 27 heavy (non-hydrogen) atoms. The van der Waals surface area contributed by atoms with Crippen LogP contribution in [0.15, 0.2) is 18.2 Å². The van der Waals surface area contributed by atoms with Gasteiger partial charge >= 0.3 is 6.09 Å². The van der Waals surface area contributed by atoms with Gasteiger partial charge in [-0.2, -0.15) is 0 Å². The van der Waals surface area contributed by atoms with E-state index in [0.29, 0.717) is 23.5 Å². The molecule has 0 radical (unpaired) electrons. The Morgan fingerprint density at radius 3 is 2.59 bits per heavy atom. The van der Waals surface area contributed by atoms with Crippen LogP contribution in [0.2, 0.25) is 0 Å². The smallest absolute Gasteiger partial charge is 0.412 e. The van der Waals surface area contributed by atoms with Crippen molar-refractivity contribution in [3.63, 3.8) is 0 Å². The van der Waals surface area contributed by atoms with Gasteiger partial charge in [0.15, 0.2) is 0 Å². The Labute approximate surface area is 162 Å². The van der Waals surface area contributed by atoms with E-state index in [-0.39, 0.29) is 6.04 Å². The summed E-state index contributed by atoms with van der Waals surface area (Å²) in [6, 6.07) is 6.69. The Hall–Kier alpha value is -1.79. The van der Waals surface area contributed by atoms with E-state index in [9.17, 15) is 9.90 Å². The van der Waals surface area contributed by atoms with Crippen LogP contribution in [0.1, 0.15) is 50.5 Å². The molecule has 0 saturated carbocycles. The number of methoxy groups -OCH3 is 1. The highest BCUT2D eigenvalue weighted by Gasteiger charge is 2.42. The molecule has 6 nitrogen and oxygen atoms in total. The fraction of sp³-hybridized carbons (Fsp3) is 0.667.